The van der Waals surface area contributed by atoms with Crippen molar-refractivity contribution in [2.45, 2.75) is 32.7 Å². The molecule has 0 aromatic rings. The van der Waals surface area contributed by atoms with E-state index in [1.807, 2.05) is 6.08 Å². The lowest BCUT2D eigenvalue weighted by Crippen LogP contribution is -2.28. The van der Waals surface area contributed by atoms with E-state index in [0.717, 1.165) is 12.8 Å². The summed E-state index contributed by atoms with van der Waals surface area (Å²) in [6.45, 7) is 8.68. The van der Waals surface area contributed by atoms with Crippen molar-refractivity contribution in [2.75, 3.05) is 6.54 Å². The molecular formula is C14H19N. The molecular weight excluding hydrogens is 182 g/mol. The number of hydrogen-bond donors (Lipinski definition) is 1. The van der Waals surface area contributed by atoms with Crippen LogP contribution < -0.4 is 5.32 Å². The van der Waals surface area contributed by atoms with E-state index in [1.54, 1.807) is 0 Å². The van der Waals surface area contributed by atoms with E-state index >= 15 is 0 Å². The average molecular weight is 201 g/mol. The Kier molecular flexibility index (Phi) is 4.39. The van der Waals surface area contributed by atoms with Crippen molar-refractivity contribution in [3.05, 3.63) is 35.5 Å². The van der Waals surface area contributed by atoms with Crippen LogP contribution in [-0.4, -0.2) is 12.6 Å². The lowest BCUT2D eigenvalue weighted by Gasteiger charge is -2.11. The Morgan fingerprint density at radius 3 is 3.07 bits per heavy atom. The third-order valence-corrected chi connectivity index (χ3v) is 2.91. The highest BCUT2D eigenvalue weighted by Gasteiger charge is 2.19. The molecule has 0 aromatic carbocycles. The maximum Gasteiger partial charge on any atom is 0.0578 e. The van der Waals surface area contributed by atoms with Crippen LogP contribution in [0.25, 0.3) is 0 Å². The van der Waals surface area contributed by atoms with E-state index in [-0.39, 0.29) is 0 Å². The maximum atomic E-state index is 5.24. The molecule has 80 valence electrons. The van der Waals surface area contributed by atoms with Gasteiger partial charge < -0.3 is 0 Å². The Labute approximate surface area is 93.0 Å². The van der Waals surface area contributed by atoms with E-state index in [4.69, 9.17) is 6.42 Å². The van der Waals surface area contributed by atoms with Crippen LogP contribution in [0.3, 0.4) is 0 Å². The summed E-state index contributed by atoms with van der Waals surface area (Å²) in [6, 6.07) is 0.463. The maximum absolute atomic E-state index is 5.24. The summed E-state index contributed by atoms with van der Waals surface area (Å²) in [5, 5.41) is 3.35. The van der Waals surface area contributed by atoms with Gasteiger partial charge >= 0.3 is 0 Å². The van der Waals surface area contributed by atoms with Crippen molar-refractivity contribution in [1.82, 2.24) is 5.32 Å². The highest BCUT2D eigenvalue weighted by molar-refractivity contribution is 5.36. The van der Waals surface area contributed by atoms with Gasteiger partial charge in [-0.25, -0.2) is 0 Å². The number of hydrogen-bond acceptors (Lipinski definition) is 1. The first-order valence-electron chi connectivity index (χ1n) is 5.36. The summed E-state index contributed by atoms with van der Waals surface area (Å²) in [5.74, 6) is 2.62. The Hall–Kier alpha value is -1.26. The minimum atomic E-state index is 0.463. The molecule has 0 unspecified atom stereocenters. The minimum absolute atomic E-state index is 0.463. The fraction of sp³-hybridized carbons (Fsp3) is 0.429. The zero-order valence-corrected chi connectivity index (χ0v) is 9.64. The van der Waals surface area contributed by atoms with Gasteiger partial charge in [-0.3, -0.25) is 5.32 Å². The number of allylic oxidation sites excluding steroid dienone is 4. The molecule has 0 amide bonds. The third-order valence-electron chi connectivity index (χ3n) is 2.91. The van der Waals surface area contributed by atoms with E-state index in [1.165, 1.54) is 16.7 Å². The Bertz CT molecular complexity index is 339. The molecule has 1 aliphatic carbocycles. The summed E-state index contributed by atoms with van der Waals surface area (Å²) in [5.41, 5.74) is 4.08. The SMILES string of the molecule is C#CCN[C@@H]1CCC(/C=C(\C)C=C)=C1C. The van der Waals surface area contributed by atoms with E-state index in [2.05, 4.69) is 37.7 Å². The molecule has 1 rings (SSSR count). The standard InChI is InChI=1S/C14H19N/c1-5-9-15-14-8-7-13(12(14)4)10-11(3)6-2/h1,6,10,14-15H,2,7-9H2,3-4H3/b11-10+/t14-/m1/s1. The van der Waals surface area contributed by atoms with E-state index < -0.39 is 0 Å². The van der Waals surface area contributed by atoms with Crippen LogP contribution in [-0.2, 0) is 0 Å². The molecule has 0 radical (unpaired) electrons. The van der Waals surface area contributed by atoms with Crippen molar-refractivity contribution in [1.29, 1.82) is 0 Å². The summed E-state index contributed by atoms with van der Waals surface area (Å²) in [4.78, 5) is 0. The number of rotatable bonds is 4. The molecule has 1 heteroatoms. The summed E-state index contributed by atoms with van der Waals surface area (Å²) in [7, 11) is 0. The van der Waals surface area contributed by atoms with Crippen LogP contribution in [0.4, 0.5) is 0 Å². The molecule has 1 aliphatic rings. The predicted molar refractivity (Wildman–Crippen MR) is 66.5 cm³/mol. The largest absolute Gasteiger partial charge is 0.300 e. The van der Waals surface area contributed by atoms with Crippen LogP contribution in [0.5, 0.6) is 0 Å². The monoisotopic (exact) mass is 201 g/mol. The molecule has 1 N–H and O–H groups in total. The molecule has 0 saturated heterocycles. The third kappa shape index (κ3) is 3.11. The van der Waals surface area contributed by atoms with E-state index in [9.17, 15) is 0 Å². The van der Waals surface area contributed by atoms with Gasteiger partial charge in [0.05, 0.1) is 6.54 Å². The highest BCUT2D eigenvalue weighted by Crippen LogP contribution is 2.27. The molecule has 15 heavy (non-hydrogen) atoms. The molecule has 0 fully saturated rings. The van der Waals surface area contributed by atoms with Crippen molar-refractivity contribution in [3.8, 4) is 12.3 Å². The highest BCUT2D eigenvalue weighted by atomic mass is 14.9. The average Bonchev–Trinajstić information content (AvgIpc) is 2.57. The van der Waals surface area contributed by atoms with Gasteiger partial charge in [0.25, 0.3) is 0 Å². The first kappa shape index (κ1) is 11.8. The van der Waals surface area contributed by atoms with Crippen molar-refractivity contribution < 1.29 is 0 Å². The van der Waals surface area contributed by atoms with E-state index in [0.29, 0.717) is 12.6 Å². The Morgan fingerprint density at radius 1 is 1.73 bits per heavy atom. The number of terminal acetylenes is 1. The molecule has 0 spiro atoms. The van der Waals surface area contributed by atoms with Crippen LogP contribution in [0, 0.1) is 12.3 Å². The van der Waals surface area contributed by atoms with Crippen LogP contribution >= 0.6 is 0 Å². The summed E-state index contributed by atoms with van der Waals surface area (Å²) in [6.07, 6.45) is 11.6. The topological polar surface area (TPSA) is 12.0 Å². The van der Waals surface area contributed by atoms with Gasteiger partial charge in [-0.05, 0) is 32.3 Å². The first-order valence-corrected chi connectivity index (χ1v) is 5.36. The van der Waals surface area contributed by atoms with Gasteiger partial charge in [-0.2, -0.15) is 0 Å². The second-order valence-corrected chi connectivity index (χ2v) is 3.98. The lowest BCUT2D eigenvalue weighted by atomic mass is 10.1. The molecule has 1 atom stereocenters. The smallest absolute Gasteiger partial charge is 0.0578 e. The molecule has 0 bridgehead atoms. The molecule has 0 saturated carbocycles. The van der Waals surface area contributed by atoms with Gasteiger partial charge in [0, 0.05) is 6.04 Å². The van der Waals surface area contributed by atoms with Crippen molar-refractivity contribution >= 4 is 0 Å². The summed E-state index contributed by atoms with van der Waals surface area (Å²) >= 11 is 0. The quantitative estimate of drug-likeness (QED) is 0.545. The van der Waals surface area contributed by atoms with Crippen LogP contribution in [0.2, 0.25) is 0 Å². The second-order valence-electron chi connectivity index (χ2n) is 3.98. The van der Waals surface area contributed by atoms with Gasteiger partial charge in [0.15, 0.2) is 0 Å². The predicted octanol–water partition coefficient (Wildman–Crippen LogP) is 2.82. The van der Waals surface area contributed by atoms with Gasteiger partial charge in [-0.1, -0.05) is 35.8 Å². The molecule has 0 aromatic heterocycles. The first-order chi connectivity index (χ1) is 7.19. The molecule has 0 heterocycles. The van der Waals surface area contributed by atoms with Gasteiger partial charge in [-0.15, -0.1) is 6.42 Å². The Balaban J connectivity index is 2.71. The molecule has 1 nitrogen and oxygen atoms in total. The fourth-order valence-electron chi connectivity index (χ4n) is 1.89. The normalized spacial score (nSPS) is 21.7. The van der Waals surface area contributed by atoms with Gasteiger partial charge in [0.2, 0.25) is 0 Å². The van der Waals surface area contributed by atoms with Crippen molar-refractivity contribution in [3.63, 3.8) is 0 Å². The van der Waals surface area contributed by atoms with Gasteiger partial charge in [0.1, 0.15) is 0 Å². The summed E-state index contributed by atoms with van der Waals surface area (Å²) < 4.78 is 0. The van der Waals surface area contributed by atoms with Crippen molar-refractivity contribution in [2.24, 2.45) is 0 Å². The number of nitrogens with one attached hydrogen (secondary N) is 1. The zero-order valence-electron chi connectivity index (χ0n) is 9.64. The second kappa shape index (κ2) is 5.58. The Morgan fingerprint density at radius 2 is 2.47 bits per heavy atom. The van der Waals surface area contributed by atoms with Crippen LogP contribution in [0.15, 0.2) is 35.5 Å². The molecule has 0 aliphatic heterocycles. The van der Waals surface area contributed by atoms with Crippen LogP contribution in [0.1, 0.15) is 26.7 Å². The fourth-order valence-corrected chi connectivity index (χ4v) is 1.89. The zero-order chi connectivity index (χ0) is 11.3. The minimum Gasteiger partial charge on any atom is -0.300 e. The lowest BCUT2D eigenvalue weighted by molar-refractivity contribution is 0.604.